The van der Waals surface area contributed by atoms with E-state index in [9.17, 15) is 18.3 Å². The van der Waals surface area contributed by atoms with Crippen molar-refractivity contribution in [2.45, 2.75) is 62.2 Å². The highest BCUT2D eigenvalue weighted by atomic mass is 32.2. The molecule has 2 bridgehead atoms. The highest BCUT2D eigenvalue weighted by molar-refractivity contribution is 7.90. The fourth-order valence-electron chi connectivity index (χ4n) is 3.42. The Bertz CT molecular complexity index is 456. The van der Waals surface area contributed by atoms with Crippen LogP contribution in [0.25, 0.3) is 0 Å². The summed E-state index contributed by atoms with van der Waals surface area (Å²) in [5.74, 6) is -0.708. The second-order valence-electron chi connectivity index (χ2n) is 6.21. The van der Waals surface area contributed by atoms with Crippen LogP contribution in [-0.2, 0) is 14.8 Å². The zero-order valence-electron chi connectivity index (χ0n) is 10.3. The fourth-order valence-corrected chi connectivity index (χ4v) is 5.26. The van der Waals surface area contributed by atoms with Gasteiger partial charge in [0.15, 0.2) is 0 Å². The lowest BCUT2D eigenvalue weighted by atomic mass is 9.57. The van der Waals surface area contributed by atoms with Crippen LogP contribution in [0.2, 0.25) is 0 Å². The van der Waals surface area contributed by atoms with Gasteiger partial charge >= 0.3 is 5.97 Å². The number of rotatable bonds is 4. The van der Waals surface area contributed by atoms with Crippen molar-refractivity contribution in [2.75, 3.05) is 0 Å². The van der Waals surface area contributed by atoms with Crippen LogP contribution in [-0.4, -0.2) is 30.3 Å². The first kappa shape index (κ1) is 12.4. The zero-order chi connectivity index (χ0) is 13.0. The molecule has 0 amide bonds. The smallest absolute Gasteiger partial charge is 0.309 e. The van der Waals surface area contributed by atoms with Gasteiger partial charge < -0.3 is 5.11 Å². The Morgan fingerprint density at radius 2 is 1.56 bits per heavy atom. The van der Waals surface area contributed by atoms with Gasteiger partial charge in [-0.1, -0.05) is 0 Å². The number of aliphatic carboxylic acids is 1. The van der Waals surface area contributed by atoms with E-state index in [4.69, 9.17) is 0 Å². The molecule has 0 aromatic carbocycles. The van der Waals surface area contributed by atoms with Crippen molar-refractivity contribution in [1.82, 2.24) is 4.72 Å². The van der Waals surface area contributed by atoms with Gasteiger partial charge in [-0.15, -0.1) is 0 Å². The van der Waals surface area contributed by atoms with Gasteiger partial charge in [0.1, 0.15) is 0 Å². The van der Waals surface area contributed by atoms with Crippen molar-refractivity contribution in [3.05, 3.63) is 0 Å². The third-order valence-corrected chi connectivity index (χ3v) is 7.09. The van der Waals surface area contributed by atoms with Crippen LogP contribution in [0.3, 0.4) is 0 Å². The highest BCUT2D eigenvalue weighted by Gasteiger charge is 2.54. The predicted octanol–water partition coefficient (Wildman–Crippen LogP) is 1.25. The molecule has 0 spiro atoms. The van der Waals surface area contributed by atoms with Crippen LogP contribution in [0, 0.1) is 5.41 Å². The van der Waals surface area contributed by atoms with Gasteiger partial charge in [0.25, 0.3) is 0 Å². The number of carboxylic acid groups (broad SMARTS) is 1. The normalized spacial score (nSPS) is 39.8. The van der Waals surface area contributed by atoms with Crippen LogP contribution in [0.1, 0.15) is 51.4 Å². The lowest BCUT2D eigenvalue weighted by Crippen LogP contribution is -2.58. The third-order valence-electron chi connectivity index (χ3n) is 5.02. The topological polar surface area (TPSA) is 83.5 Å². The summed E-state index contributed by atoms with van der Waals surface area (Å²) in [4.78, 5) is 11.3. The van der Waals surface area contributed by atoms with E-state index in [-0.39, 0.29) is 10.8 Å². The number of hydrogen-bond acceptors (Lipinski definition) is 3. The summed E-state index contributed by atoms with van der Waals surface area (Å²) in [7, 11) is -3.17. The summed E-state index contributed by atoms with van der Waals surface area (Å²) in [5, 5.41) is 9.09. The van der Waals surface area contributed by atoms with E-state index < -0.39 is 21.4 Å². The average molecular weight is 273 g/mol. The van der Waals surface area contributed by atoms with Gasteiger partial charge in [0.05, 0.1) is 10.7 Å². The van der Waals surface area contributed by atoms with E-state index >= 15 is 0 Å². The van der Waals surface area contributed by atoms with Gasteiger partial charge in [0.2, 0.25) is 10.0 Å². The molecule has 102 valence electrons. The van der Waals surface area contributed by atoms with Gasteiger partial charge in [-0.25, -0.2) is 13.1 Å². The summed E-state index contributed by atoms with van der Waals surface area (Å²) < 4.78 is 27.0. The zero-order valence-corrected chi connectivity index (χ0v) is 11.1. The predicted molar refractivity (Wildman–Crippen MR) is 65.6 cm³/mol. The molecule has 0 heterocycles. The molecule has 5 nitrogen and oxygen atoms in total. The molecular formula is C12H19NO4S. The summed E-state index contributed by atoms with van der Waals surface area (Å²) in [5.41, 5.74) is -0.925. The molecule has 4 fully saturated rings. The maximum Gasteiger partial charge on any atom is 0.309 e. The summed E-state index contributed by atoms with van der Waals surface area (Å²) in [6.45, 7) is 0. The van der Waals surface area contributed by atoms with Crippen molar-refractivity contribution in [2.24, 2.45) is 5.41 Å². The molecule has 18 heavy (non-hydrogen) atoms. The van der Waals surface area contributed by atoms with Crippen molar-refractivity contribution < 1.29 is 18.3 Å². The van der Waals surface area contributed by atoms with Crippen molar-refractivity contribution in [3.63, 3.8) is 0 Å². The minimum Gasteiger partial charge on any atom is -0.481 e. The highest BCUT2D eigenvalue weighted by Crippen LogP contribution is 2.53. The van der Waals surface area contributed by atoms with Gasteiger partial charge in [0, 0.05) is 5.54 Å². The van der Waals surface area contributed by atoms with Crippen LogP contribution in [0.4, 0.5) is 0 Å². The lowest BCUT2D eigenvalue weighted by molar-refractivity contribution is -0.156. The first-order valence-corrected chi connectivity index (χ1v) is 8.19. The van der Waals surface area contributed by atoms with E-state index in [1.54, 1.807) is 0 Å². The third kappa shape index (κ3) is 1.86. The van der Waals surface area contributed by atoms with Crippen LogP contribution < -0.4 is 4.72 Å². The second kappa shape index (κ2) is 3.70. The van der Waals surface area contributed by atoms with Crippen molar-refractivity contribution in [3.8, 4) is 0 Å². The van der Waals surface area contributed by atoms with Crippen molar-refractivity contribution in [1.29, 1.82) is 0 Å². The molecule has 0 unspecified atom stereocenters. The summed E-state index contributed by atoms with van der Waals surface area (Å²) >= 11 is 0. The number of nitrogens with one attached hydrogen (secondary N) is 1. The standard InChI is InChI=1S/C12H19NO4S/c14-10(15)11-3-6-12(7-4-11,8-5-11)13-18(16,17)9-1-2-9/h9,13H,1-8H2,(H,14,15). The van der Waals surface area contributed by atoms with Crippen molar-refractivity contribution >= 4 is 16.0 Å². The molecule has 4 rings (SSSR count). The van der Waals surface area contributed by atoms with Crippen LogP contribution >= 0.6 is 0 Å². The molecule has 0 aromatic heterocycles. The number of carbonyl (C=O) groups is 1. The molecule has 2 N–H and O–H groups in total. The van der Waals surface area contributed by atoms with Gasteiger partial charge in [-0.05, 0) is 51.4 Å². The molecule has 4 aliphatic rings. The van der Waals surface area contributed by atoms with Gasteiger partial charge in [-0.3, -0.25) is 4.79 Å². The van der Waals surface area contributed by atoms with E-state index in [1.807, 2.05) is 0 Å². The Balaban J connectivity index is 1.74. The fraction of sp³-hybridized carbons (Fsp3) is 0.917. The maximum atomic E-state index is 12.0. The molecule has 4 saturated carbocycles. The second-order valence-corrected chi connectivity index (χ2v) is 8.17. The number of carboxylic acids is 1. The average Bonchev–Trinajstić information content (AvgIpc) is 3.14. The Morgan fingerprint density at radius 3 is 1.94 bits per heavy atom. The molecule has 0 saturated heterocycles. The number of fused-ring (bicyclic) bond motifs is 3. The van der Waals surface area contributed by atoms with Crippen LogP contribution in [0.5, 0.6) is 0 Å². The van der Waals surface area contributed by atoms with E-state index in [0.29, 0.717) is 38.5 Å². The molecule has 0 atom stereocenters. The van der Waals surface area contributed by atoms with E-state index in [2.05, 4.69) is 4.72 Å². The van der Waals surface area contributed by atoms with E-state index in [1.165, 1.54) is 0 Å². The summed E-state index contributed by atoms with van der Waals surface area (Å²) in [6.07, 6.45) is 5.37. The number of hydrogen-bond donors (Lipinski definition) is 2. The minimum absolute atomic E-state index is 0.194. The molecule has 4 aliphatic carbocycles. The molecule has 6 heteroatoms. The maximum absolute atomic E-state index is 12.0. The molecule has 0 radical (unpaired) electrons. The first-order chi connectivity index (χ1) is 8.38. The Kier molecular flexibility index (Phi) is 2.55. The first-order valence-electron chi connectivity index (χ1n) is 6.64. The Hall–Kier alpha value is -0.620. The monoisotopic (exact) mass is 273 g/mol. The molecule has 0 aromatic rings. The Labute approximate surface area is 107 Å². The SMILES string of the molecule is O=C(O)C12CCC(NS(=O)(=O)C3CC3)(CC1)CC2. The van der Waals surface area contributed by atoms with Crippen LogP contribution in [0.15, 0.2) is 0 Å². The van der Waals surface area contributed by atoms with E-state index in [0.717, 1.165) is 12.8 Å². The molecule has 0 aliphatic heterocycles. The minimum atomic E-state index is -3.17. The van der Waals surface area contributed by atoms with Gasteiger partial charge in [-0.2, -0.15) is 0 Å². The largest absolute Gasteiger partial charge is 0.481 e. The lowest BCUT2D eigenvalue weighted by Gasteiger charge is -2.51. The number of sulfonamides is 1. The molecular weight excluding hydrogens is 254 g/mol. The Morgan fingerprint density at radius 1 is 1.06 bits per heavy atom. The summed E-state index contributed by atoms with van der Waals surface area (Å²) in [6, 6.07) is 0. The quantitative estimate of drug-likeness (QED) is 0.807.